The predicted molar refractivity (Wildman–Crippen MR) is 83.3 cm³/mol. The van der Waals surface area contributed by atoms with E-state index in [2.05, 4.69) is 10.3 Å². The molecule has 0 aliphatic rings. The first-order valence-corrected chi connectivity index (χ1v) is 7.74. The van der Waals surface area contributed by atoms with E-state index in [4.69, 9.17) is 14.2 Å². The fourth-order valence-corrected chi connectivity index (χ4v) is 2.13. The van der Waals surface area contributed by atoms with Gasteiger partial charge in [-0.2, -0.15) is 0 Å². The van der Waals surface area contributed by atoms with E-state index in [1.54, 1.807) is 6.92 Å². The van der Waals surface area contributed by atoms with Gasteiger partial charge < -0.3 is 14.2 Å². The fourth-order valence-electron chi connectivity index (χ4n) is 2.13. The van der Waals surface area contributed by atoms with Crippen LogP contribution < -0.4 is 0 Å². The topological polar surface area (TPSA) is 75.5 Å². The molecule has 7 nitrogen and oxygen atoms in total. The molecule has 2 aromatic rings. The molecule has 1 aromatic carbocycles. The third-order valence-electron chi connectivity index (χ3n) is 3.10. The van der Waals surface area contributed by atoms with Gasteiger partial charge in [0, 0.05) is 13.2 Å². The van der Waals surface area contributed by atoms with Gasteiger partial charge in [0.2, 0.25) is 6.29 Å². The lowest BCUT2D eigenvalue weighted by molar-refractivity contribution is -0.144. The Morgan fingerprint density at radius 3 is 2.29 bits per heavy atom. The molecule has 1 heterocycles. The van der Waals surface area contributed by atoms with E-state index in [-0.39, 0.29) is 18.1 Å². The Labute approximate surface area is 139 Å². The van der Waals surface area contributed by atoms with E-state index in [0.717, 1.165) is 0 Å². The minimum absolute atomic E-state index is 0.00748. The number of benzene rings is 1. The molecule has 0 saturated carbocycles. The summed E-state index contributed by atoms with van der Waals surface area (Å²) in [6.07, 6.45) is -0.848. The van der Waals surface area contributed by atoms with Crippen molar-refractivity contribution < 1.29 is 23.4 Å². The standard InChI is InChI=1S/C16H20FN3O4/c1-4-22-15(21)13-14(16(23-5-2)24-6-3)20(19-18-13)12-9-7-11(17)8-10-12/h7-10,16H,4-6H2,1-3H3. The van der Waals surface area contributed by atoms with Gasteiger partial charge in [-0.3, -0.25) is 0 Å². The van der Waals surface area contributed by atoms with E-state index < -0.39 is 12.3 Å². The number of carbonyl (C=O) groups excluding carboxylic acids is 1. The zero-order chi connectivity index (χ0) is 17.5. The summed E-state index contributed by atoms with van der Waals surface area (Å²) < 4.78 is 30.7. The van der Waals surface area contributed by atoms with Crippen molar-refractivity contribution in [2.45, 2.75) is 27.1 Å². The molecule has 0 spiro atoms. The van der Waals surface area contributed by atoms with Crippen LogP contribution in [-0.4, -0.2) is 40.8 Å². The van der Waals surface area contributed by atoms with E-state index in [0.29, 0.717) is 24.6 Å². The molecule has 0 aliphatic heterocycles. The minimum atomic E-state index is -0.848. The second-order valence-corrected chi connectivity index (χ2v) is 4.67. The molecule has 0 radical (unpaired) electrons. The Bertz CT molecular complexity index is 666. The van der Waals surface area contributed by atoms with Gasteiger partial charge in [-0.15, -0.1) is 5.10 Å². The summed E-state index contributed by atoms with van der Waals surface area (Å²) in [6, 6.07) is 5.64. The number of halogens is 1. The van der Waals surface area contributed by atoms with Gasteiger partial charge in [-0.05, 0) is 45.0 Å². The van der Waals surface area contributed by atoms with Gasteiger partial charge in [-0.1, -0.05) is 5.21 Å². The van der Waals surface area contributed by atoms with E-state index in [1.807, 2.05) is 13.8 Å². The number of hydrogen-bond acceptors (Lipinski definition) is 6. The Kier molecular flexibility index (Phi) is 6.39. The summed E-state index contributed by atoms with van der Waals surface area (Å²) in [5.74, 6) is -0.998. The Morgan fingerprint density at radius 1 is 1.12 bits per heavy atom. The highest BCUT2D eigenvalue weighted by molar-refractivity contribution is 5.88. The van der Waals surface area contributed by atoms with Crippen molar-refractivity contribution in [3.63, 3.8) is 0 Å². The molecule has 0 saturated heterocycles. The number of hydrogen-bond donors (Lipinski definition) is 0. The molecule has 2 rings (SSSR count). The van der Waals surface area contributed by atoms with E-state index >= 15 is 0 Å². The highest BCUT2D eigenvalue weighted by atomic mass is 19.1. The van der Waals surface area contributed by atoms with Crippen LogP contribution in [-0.2, 0) is 14.2 Å². The molecule has 1 aromatic heterocycles. The molecule has 130 valence electrons. The van der Waals surface area contributed by atoms with Crippen molar-refractivity contribution in [3.8, 4) is 5.69 Å². The number of carbonyl (C=O) groups is 1. The van der Waals surface area contributed by atoms with Crippen molar-refractivity contribution in [3.05, 3.63) is 41.5 Å². The highest BCUT2D eigenvalue weighted by Crippen LogP contribution is 2.25. The summed E-state index contributed by atoms with van der Waals surface area (Å²) in [4.78, 5) is 12.2. The average molecular weight is 337 g/mol. The van der Waals surface area contributed by atoms with Crippen LogP contribution in [0.2, 0.25) is 0 Å². The zero-order valence-corrected chi connectivity index (χ0v) is 13.9. The second kappa shape index (κ2) is 8.51. The monoisotopic (exact) mass is 337 g/mol. The second-order valence-electron chi connectivity index (χ2n) is 4.67. The van der Waals surface area contributed by atoms with Gasteiger partial charge in [0.05, 0.1) is 12.3 Å². The van der Waals surface area contributed by atoms with Gasteiger partial charge in [0.15, 0.2) is 5.69 Å². The van der Waals surface area contributed by atoms with Crippen LogP contribution in [0.15, 0.2) is 24.3 Å². The van der Waals surface area contributed by atoms with E-state index in [1.165, 1.54) is 28.9 Å². The lowest BCUT2D eigenvalue weighted by Gasteiger charge is -2.18. The zero-order valence-electron chi connectivity index (χ0n) is 13.9. The maximum absolute atomic E-state index is 13.2. The van der Waals surface area contributed by atoms with Crippen molar-refractivity contribution in [2.75, 3.05) is 19.8 Å². The van der Waals surface area contributed by atoms with Gasteiger partial charge in [-0.25, -0.2) is 13.9 Å². The van der Waals surface area contributed by atoms with Gasteiger partial charge in [0.25, 0.3) is 0 Å². The molecule has 0 aliphatic carbocycles. The van der Waals surface area contributed by atoms with Gasteiger partial charge >= 0.3 is 5.97 Å². The molecule has 0 N–H and O–H groups in total. The predicted octanol–water partition coefficient (Wildman–Crippen LogP) is 2.65. The number of esters is 1. The largest absolute Gasteiger partial charge is 0.461 e. The van der Waals surface area contributed by atoms with Crippen molar-refractivity contribution in [1.29, 1.82) is 0 Å². The molecule has 0 amide bonds. The summed E-state index contributed by atoms with van der Waals surface area (Å²) in [5.41, 5.74) is 0.843. The summed E-state index contributed by atoms with van der Waals surface area (Å²) in [6.45, 7) is 6.24. The SMILES string of the molecule is CCOC(=O)c1nnn(-c2ccc(F)cc2)c1C(OCC)OCC. The van der Waals surface area contributed by atoms with Crippen LogP contribution in [0.5, 0.6) is 0 Å². The third kappa shape index (κ3) is 3.95. The molecule has 0 unspecified atom stereocenters. The lowest BCUT2D eigenvalue weighted by atomic mass is 10.2. The molecular formula is C16H20FN3O4. The van der Waals surface area contributed by atoms with Crippen LogP contribution in [0.3, 0.4) is 0 Å². The van der Waals surface area contributed by atoms with E-state index in [9.17, 15) is 9.18 Å². The minimum Gasteiger partial charge on any atom is -0.461 e. The molecule has 8 heteroatoms. The number of aromatic nitrogens is 3. The lowest BCUT2D eigenvalue weighted by Crippen LogP contribution is -2.18. The first kappa shape index (κ1) is 18.0. The highest BCUT2D eigenvalue weighted by Gasteiger charge is 2.29. The maximum Gasteiger partial charge on any atom is 0.361 e. The molecule has 0 bridgehead atoms. The Hall–Kier alpha value is -2.32. The van der Waals surface area contributed by atoms with Crippen LogP contribution in [0.4, 0.5) is 4.39 Å². The summed E-state index contributed by atoms with van der Waals surface area (Å²) in [5, 5.41) is 7.89. The van der Waals surface area contributed by atoms with Crippen molar-refractivity contribution in [2.24, 2.45) is 0 Å². The Balaban J connectivity index is 2.53. The molecular weight excluding hydrogens is 317 g/mol. The fraction of sp³-hybridized carbons (Fsp3) is 0.438. The third-order valence-corrected chi connectivity index (χ3v) is 3.10. The summed E-state index contributed by atoms with van der Waals surface area (Å²) in [7, 11) is 0. The molecule has 0 fully saturated rings. The molecule has 0 atom stereocenters. The smallest absolute Gasteiger partial charge is 0.361 e. The first-order chi connectivity index (χ1) is 11.6. The Morgan fingerprint density at radius 2 is 1.75 bits per heavy atom. The van der Waals surface area contributed by atoms with Crippen LogP contribution >= 0.6 is 0 Å². The summed E-state index contributed by atoms with van der Waals surface area (Å²) >= 11 is 0. The van der Waals surface area contributed by atoms with Crippen molar-refractivity contribution >= 4 is 5.97 Å². The average Bonchev–Trinajstić information content (AvgIpc) is 3.00. The van der Waals surface area contributed by atoms with Crippen molar-refractivity contribution in [1.82, 2.24) is 15.0 Å². The number of nitrogens with zero attached hydrogens (tertiary/aromatic N) is 3. The van der Waals surface area contributed by atoms with Crippen LogP contribution in [0.1, 0.15) is 43.2 Å². The number of rotatable bonds is 8. The number of ether oxygens (including phenoxy) is 3. The van der Waals surface area contributed by atoms with Crippen LogP contribution in [0.25, 0.3) is 5.69 Å². The van der Waals surface area contributed by atoms with Crippen LogP contribution in [0, 0.1) is 5.82 Å². The quantitative estimate of drug-likeness (QED) is 0.544. The normalized spacial score (nSPS) is 11.0. The maximum atomic E-state index is 13.2. The first-order valence-electron chi connectivity index (χ1n) is 7.74. The molecule has 24 heavy (non-hydrogen) atoms. The van der Waals surface area contributed by atoms with Gasteiger partial charge in [0.1, 0.15) is 11.5 Å².